The summed E-state index contributed by atoms with van der Waals surface area (Å²) < 4.78 is 5.22. The van der Waals surface area contributed by atoms with Crippen molar-refractivity contribution in [3.63, 3.8) is 0 Å². The van der Waals surface area contributed by atoms with Gasteiger partial charge in [0.05, 0.1) is 0 Å². The van der Waals surface area contributed by atoms with Crippen molar-refractivity contribution in [1.29, 1.82) is 0 Å². The number of rotatable bonds is 4. The maximum absolute atomic E-state index is 12.1. The number of carbonyl (C=O) groups excluding carboxylic acids is 1. The molecular formula is C16H17Cl2N3O2. The molecule has 0 radical (unpaired) electrons. The summed E-state index contributed by atoms with van der Waals surface area (Å²) in [6, 6.07) is 8.82. The summed E-state index contributed by atoms with van der Waals surface area (Å²) in [6.45, 7) is 2.35. The van der Waals surface area contributed by atoms with E-state index in [-0.39, 0.29) is 24.0 Å². The molecule has 0 spiro atoms. The van der Waals surface area contributed by atoms with E-state index in [9.17, 15) is 4.79 Å². The van der Waals surface area contributed by atoms with Crippen LogP contribution in [0.25, 0.3) is 11.3 Å². The van der Waals surface area contributed by atoms with Crippen LogP contribution in [0.2, 0.25) is 5.02 Å². The predicted octanol–water partition coefficient (Wildman–Crippen LogP) is 3.07. The summed E-state index contributed by atoms with van der Waals surface area (Å²) >= 11 is 5.85. The number of halogens is 2. The van der Waals surface area contributed by atoms with Gasteiger partial charge in [0.2, 0.25) is 0 Å². The highest BCUT2D eigenvalue weighted by atomic mass is 35.5. The number of amides is 1. The molecule has 0 unspecified atom stereocenters. The minimum Gasteiger partial charge on any atom is -0.355 e. The maximum atomic E-state index is 12.1. The molecule has 0 saturated heterocycles. The van der Waals surface area contributed by atoms with Crippen LogP contribution in [0.3, 0.4) is 0 Å². The Balaban J connectivity index is 0.00000192. The van der Waals surface area contributed by atoms with Gasteiger partial charge in [-0.05, 0) is 37.2 Å². The zero-order chi connectivity index (χ0) is 15.4. The fourth-order valence-corrected chi connectivity index (χ4v) is 2.37. The van der Waals surface area contributed by atoms with Gasteiger partial charge in [-0.2, -0.15) is 0 Å². The molecule has 1 aromatic carbocycles. The molecule has 2 aromatic rings. The molecule has 0 bridgehead atoms. The van der Waals surface area contributed by atoms with Gasteiger partial charge in [0, 0.05) is 29.7 Å². The second kappa shape index (κ2) is 8.15. The lowest BCUT2D eigenvalue weighted by Crippen LogP contribution is -2.29. The highest BCUT2D eigenvalue weighted by Crippen LogP contribution is 2.22. The van der Waals surface area contributed by atoms with E-state index in [2.05, 4.69) is 21.9 Å². The zero-order valence-corrected chi connectivity index (χ0v) is 13.9. The van der Waals surface area contributed by atoms with E-state index in [1.165, 1.54) is 5.57 Å². The van der Waals surface area contributed by atoms with Crippen LogP contribution in [-0.2, 0) is 0 Å². The van der Waals surface area contributed by atoms with Gasteiger partial charge >= 0.3 is 0 Å². The van der Waals surface area contributed by atoms with Crippen LogP contribution in [0.5, 0.6) is 0 Å². The Morgan fingerprint density at radius 2 is 2.13 bits per heavy atom. The molecule has 23 heavy (non-hydrogen) atoms. The third kappa shape index (κ3) is 4.58. The van der Waals surface area contributed by atoms with Crippen molar-refractivity contribution < 1.29 is 9.32 Å². The molecular weight excluding hydrogens is 337 g/mol. The Morgan fingerprint density at radius 1 is 1.35 bits per heavy atom. The first kappa shape index (κ1) is 17.5. The summed E-state index contributed by atoms with van der Waals surface area (Å²) in [5.74, 6) is 0.311. The second-order valence-corrected chi connectivity index (χ2v) is 5.52. The monoisotopic (exact) mass is 353 g/mol. The SMILES string of the molecule is Cl.O=C(NCC1=CCNCC1)c1cc(-c2ccc(Cl)cc2)on1. The lowest BCUT2D eigenvalue weighted by Gasteiger charge is -2.13. The highest BCUT2D eigenvalue weighted by molar-refractivity contribution is 6.30. The van der Waals surface area contributed by atoms with E-state index in [1.807, 2.05) is 12.1 Å². The molecule has 3 rings (SSSR count). The van der Waals surface area contributed by atoms with Gasteiger partial charge in [-0.25, -0.2) is 0 Å². The Hall–Kier alpha value is -1.82. The van der Waals surface area contributed by atoms with Gasteiger partial charge in [-0.3, -0.25) is 4.79 Å². The third-order valence-electron chi connectivity index (χ3n) is 3.51. The van der Waals surface area contributed by atoms with Gasteiger partial charge < -0.3 is 15.2 Å². The van der Waals surface area contributed by atoms with E-state index >= 15 is 0 Å². The van der Waals surface area contributed by atoms with Crippen molar-refractivity contribution in [2.75, 3.05) is 19.6 Å². The molecule has 7 heteroatoms. The van der Waals surface area contributed by atoms with Crippen LogP contribution in [0, 0.1) is 0 Å². The lowest BCUT2D eigenvalue weighted by atomic mass is 10.1. The molecule has 0 saturated carbocycles. The summed E-state index contributed by atoms with van der Waals surface area (Å²) in [5.41, 5.74) is 2.34. The fourth-order valence-electron chi connectivity index (χ4n) is 2.25. The van der Waals surface area contributed by atoms with Crippen LogP contribution >= 0.6 is 24.0 Å². The molecule has 1 aliphatic heterocycles. The predicted molar refractivity (Wildman–Crippen MR) is 92.1 cm³/mol. The fraction of sp³-hybridized carbons (Fsp3) is 0.250. The summed E-state index contributed by atoms with van der Waals surface area (Å²) in [7, 11) is 0. The number of benzene rings is 1. The number of carbonyl (C=O) groups is 1. The molecule has 2 heterocycles. The standard InChI is InChI=1S/C16H16ClN3O2.ClH/c17-13-3-1-12(2-4-13)15-9-14(20-22-15)16(21)19-10-11-5-7-18-8-6-11;/h1-5,9,18H,6-8,10H2,(H,19,21);1H. The maximum Gasteiger partial charge on any atom is 0.273 e. The Morgan fingerprint density at radius 3 is 2.83 bits per heavy atom. The van der Waals surface area contributed by atoms with Crippen molar-refractivity contribution >= 4 is 29.9 Å². The van der Waals surface area contributed by atoms with E-state index < -0.39 is 0 Å². The first-order valence-electron chi connectivity index (χ1n) is 7.12. The van der Waals surface area contributed by atoms with Crippen molar-refractivity contribution in [1.82, 2.24) is 15.8 Å². The first-order chi connectivity index (χ1) is 10.7. The number of hydrogen-bond acceptors (Lipinski definition) is 4. The third-order valence-corrected chi connectivity index (χ3v) is 3.76. The van der Waals surface area contributed by atoms with Crippen LogP contribution in [0.15, 0.2) is 46.5 Å². The Labute approximate surface area is 145 Å². The molecule has 1 aliphatic rings. The van der Waals surface area contributed by atoms with E-state index in [4.69, 9.17) is 16.1 Å². The molecule has 1 aromatic heterocycles. The van der Waals surface area contributed by atoms with Crippen LogP contribution in [0.1, 0.15) is 16.9 Å². The van der Waals surface area contributed by atoms with Gasteiger partial charge in [0.25, 0.3) is 5.91 Å². The minimum atomic E-state index is -0.233. The van der Waals surface area contributed by atoms with Crippen molar-refractivity contribution in [2.24, 2.45) is 0 Å². The molecule has 0 aliphatic carbocycles. The van der Waals surface area contributed by atoms with Gasteiger partial charge in [-0.1, -0.05) is 28.4 Å². The van der Waals surface area contributed by atoms with E-state index in [0.29, 0.717) is 17.3 Å². The van der Waals surface area contributed by atoms with Crippen molar-refractivity contribution in [2.45, 2.75) is 6.42 Å². The molecule has 2 N–H and O–H groups in total. The number of hydrogen-bond donors (Lipinski definition) is 2. The average Bonchev–Trinajstić information content (AvgIpc) is 3.04. The van der Waals surface area contributed by atoms with Crippen LogP contribution < -0.4 is 10.6 Å². The van der Waals surface area contributed by atoms with Crippen molar-refractivity contribution in [3.05, 3.63) is 52.7 Å². The molecule has 0 fully saturated rings. The average molecular weight is 354 g/mol. The number of aromatic nitrogens is 1. The zero-order valence-electron chi connectivity index (χ0n) is 12.3. The van der Waals surface area contributed by atoms with Crippen LogP contribution in [-0.4, -0.2) is 30.7 Å². The second-order valence-electron chi connectivity index (χ2n) is 5.08. The summed E-state index contributed by atoms with van der Waals surface area (Å²) in [5, 5.41) is 10.6. The molecule has 5 nitrogen and oxygen atoms in total. The summed E-state index contributed by atoms with van der Waals surface area (Å²) in [6.07, 6.45) is 3.06. The highest BCUT2D eigenvalue weighted by Gasteiger charge is 2.14. The van der Waals surface area contributed by atoms with Crippen LogP contribution in [0.4, 0.5) is 0 Å². The largest absolute Gasteiger partial charge is 0.355 e. The number of nitrogens with one attached hydrogen (secondary N) is 2. The molecule has 122 valence electrons. The smallest absolute Gasteiger partial charge is 0.273 e. The summed E-state index contributed by atoms with van der Waals surface area (Å²) in [4.78, 5) is 12.1. The first-order valence-corrected chi connectivity index (χ1v) is 7.49. The number of nitrogens with zero attached hydrogens (tertiary/aromatic N) is 1. The Kier molecular flexibility index (Phi) is 6.21. The molecule has 1 amide bonds. The van der Waals surface area contributed by atoms with E-state index in [1.54, 1.807) is 18.2 Å². The Bertz CT molecular complexity index is 696. The minimum absolute atomic E-state index is 0. The quantitative estimate of drug-likeness (QED) is 0.829. The van der Waals surface area contributed by atoms with Gasteiger partial charge in [0.15, 0.2) is 11.5 Å². The van der Waals surface area contributed by atoms with E-state index in [0.717, 1.165) is 25.1 Å². The van der Waals surface area contributed by atoms with Gasteiger partial charge in [-0.15, -0.1) is 12.4 Å². The van der Waals surface area contributed by atoms with Gasteiger partial charge in [0.1, 0.15) is 0 Å². The normalized spacial score (nSPS) is 13.9. The lowest BCUT2D eigenvalue weighted by molar-refractivity contribution is 0.0947. The topological polar surface area (TPSA) is 67.2 Å². The van der Waals surface area contributed by atoms with Crippen molar-refractivity contribution in [3.8, 4) is 11.3 Å². The molecule has 0 atom stereocenters.